The fourth-order valence-electron chi connectivity index (χ4n) is 3.89. The Kier molecular flexibility index (Phi) is 5.34. The topological polar surface area (TPSA) is 75.4 Å². The van der Waals surface area contributed by atoms with E-state index in [0.717, 1.165) is 36.6 Å². The number of likely N-dealkylation sites (tertiary alicyclic amines) is 1. The number of hydrogen-bond acceptors (Lipinski definition) is 5. The summed E-state index contributed by atoms with van der Waals surface area (Å²) in [6.07, 6.45) is 4.33. The zero-order chi connectivity index (χ0) is 19.5. The minimum absolute atomic E-state index is 0.0107. The number of aromatic nitrogens is 4. The Morgan fingerprint density at radius 1 is 1.14 bits per heavy atom. The fraction of sp³-hybridized carbons (Fsp3) is 0.429. The number of aryl methyl sites for hydroxylation is 2. The Morgan fingerprint density at radius 3 is 2.68 bits per heavy atom. The Labute approximate surface area is 164 Å². The molecular formula is C21H26N6O. The van der Waals surface area contributed by atoms with Crippen molar-refractivity contribution < 1.29 is 4.79 Å². The van der Waals surface area contributed by atoms with E-state index in [0.29, 0.717) is 12.3 Å². The van der Waals surface area contributed by atoms with Gasteiger partial charge in [-0.15, -0.1) is 0 Å². The van der Waals surface area contributed by atoms with E-state index in [1.165, 1.54) is 30.3 Å². The molecule has 1 aromatic carbocycles. The van der Waals surface area contributed by atoms with Gasteiger partial charge < -0.3 is 5.32 Å². The fourth-order valence-corrected chi connectivity index (χ4v) is 3.89. The van der Waals surface area contributed by atoms with Crippen molar-refractivity contribution in [1.82, 2.24) is 29.8 Å². The summed E-state index contributed by atoms with van der Waals surface area (Å²) in [4.78, 5) is 23.7. The number of amides is 1. The molecule has 146 valence electrons. The number of nitrogens with one attached hydrogen (secondary N) is 1. The number of rotatable bonds is 6. The molecule has 1 aliphatic heterocycles. The highest BCUT2D eigenvalue weighted by Crippen LogP contribution is 2.17. The first-order valence-corrected chi connectivity index (χ1v) is 9.83. The van der Waals surface area contributed by atoms with Crippen LogP contribution in [-0.2, 0) is 24.3 Å². The van der Waals surface area contributed by atoms with E-state index >= 15 is 0 Å². The number of benzene rings is 1. The zero-order valence-electron chi connectivity index (χ0n) is 16.5. The molecule has 4 rings (SSSR count). The van der Waals surface area contributed by atoms with Crippen LogP contribution in [0.1, 0.15) is 40.9 Å². The lowest BCUT2D eigenvalue weighted by Gasteiger charge is -2.18. The minimum Gasteiger partial charge on any atom is -0.352 e. The van der Waals surface area contributed by atoms with Crippen molar-refractivity contribution in [1.29, 1.82) is 0 Å². The van der Waals surface area contributed by atoms with Crippen LogP contribution in [0.25, 0.3) is 5.78 Å². The van der Waals surface area contributed by atoms with Crippen LogP contribution < -0.4 is 5.32 Å². The monoisotopic (exact) mass is 378 g/mol. The maximum atomic E-state index is 12.6. The Hall–Kier alpha value is -2.80. The smallest absolute Gasteiger partial charge is 0.252 e. The summed E-state index contributed by atoms with van der Waals surface area (Å²) >= 11 is 0. The highest BCUT2D eigenvalue weighted by atomic mass is 16.1. The van der Waals surface area contributed by atoms with Crippen LogP contribution in [0.4, 0.5) is 0 Å². The van der Waals surface area contributed by atoms with Gasteiger partial charge in [0, 0.05) is 30.0 Å². The van der Waals surface area contributed by atoms with Crippen LogP contribution in [0.3, 0.4) is 0 Å². The Morgan fingerprint density at radius 2 is 1.89 bits per heavy atom. The van der Waals surface area contributed by atoms with Gasteiger partial charge in [0.2, 0.25) is 5.91 Å². The van der Waals surface area contributed by atoms with Crippen molar-refractivity contribution >= 4 is 11.7 Å². The van der Waals surface area contributed by atoms with Crippen molar-refractivity contribution in [2.24, 2.45) is 0 Å². The molecule has 28 heavy (non-hydrogen) atoms. The number of nitrogens with zero attached hydrogens (tertiary/aromatic N) is 5. The van der Waals surface area contributed by atoms with Gasteiger partial charge in [-0.3, -0.25) is 9.69 Å². The van der Waals surface area contributed by atoms with E-state index in [2.05, 4.69) is 43.5 Å². The van der Waals surface area contributed by atoms with Crippen molar-refractivity contribution in [3.05, 3.63) is 58.7 Å². The molecular weight excluding hydrogens is 352 g/mol. The van der Waals surface area contributed by atoms with Crippen molar-refractivity contribution in [2.45, 2.75) is 46.2 Å². The predicted molar refractivity (Wildman–Crippen MR) is 107 cm³/mol. The average Bonchev–Trinajstić information content (AvgIpc) is 3.36. The maximum absolute atomic E-state index is 12.6. The van der Waals surface area contributed by atoms with Gasteiger partial charge in [0.15, 0.2) is 0 Å². The molecule has 3 heterocycles. The molecule has 0 unspecified atom stereocenters. The molecule has 0 bridgehead atoms. The molecule has 1 amide bonds. The van der Waals surface area contributed by atoms with Gasteiger partial charge in [0.1, 0.15) is 6.33 Å². The van der Waals surface area contributed by atoms with Crippen LogP contribution in [0.5, 0.6) is 0 Å². The predicted octanol–water partition coefficient (Wildman–Crippen LogP) is 2.20. The summed E-state index contributed by atoms with van der Waals surface area (Å²) in [6, 6.07) is 8.37. The highest BCUT2D eigenvalue weighted by Gasteiger charge is 2.16. The lowest BCUT2D eigenvalue weighted by molar-refractivity contribution is -0.120. The maximum Gasteiger partial charge on any atom is 0.252 e. The Balaban J connectivity index is 1.43. The summed E-state index contributed by atoms with van der Waals surface area (Å²) in [5, 5.41) is 7.27. The van der Waals surface area contributed by atoms with Gasteiger partial charge in [-0.25, -0.2) is 9.50 Å². The number of carbonyl (C=O) groups excluding carboxylic acids is 1. The summed E-state index contributed by atoms with van der Waals surface area (Å²) in [5.41, 5.74) is 5.11. The molecule has 0 saturated carbocycles. The third-order valence-corrected chi connectivity index (χ3v) is 5.51. The highest BCUT2D eigenvalue weighted by molar-refractivity contribution is 5.79. The van der Waals surface area contributed by atoms with E-state index in [1.807, 2.05) is 19.9 Å². The number of carbonyl (C=O) groups is 1. The normalized spacial score (nSPS) is 14.6. The van der Waals surface area contributed by atoms with Crippen LogP contribution in [-0.4, -0.2) is 43.5 Å². The van der Waals surface area contributed by atoms with Gasteiger partial charge in [-0.2, -0.15) is 10.1 Å². The van der Waals surface area contributed by atoms with Gasteiger partial charge in [-0.1, -0.05) is 24.3 Å². The zero-order valence-corrected chi connectivity index (χ0v) is 16.5. The SMILES string of the molecule is Cc1nc2ncnn2c(C)c1CC(=O)NCc1ccccc1CN1CCCC1. The molecule has 3 aromatic rings. The first-order valence-electron chi connectivity index (χ1n) is 9.83. The van der Waals surface area contributed by atoms with Crippen molar-refractivity contribution in [3.8, 4) is 0 Å². The molecule has 1 aliphatic rings. The van der Waals surface area contributed by atoms with E-state index in [1.54, 1.807) is 4.52 Å². The second kappa shape index (κ2) is 8.06. The molecule has 1 N–H and O–H groups in total. The molecule has 7 nitrogen and oxygen atoms in total. The summed E-state index contributed by atoms with van der Waals surface area (Å²) < 4.78 is 1.68. The van der Waals surface area contributed by atoms with Gasteiger partial charge in [-0.05, 0) is 50.9 Å². The largest absolute Gasteiger partial charge is 0.352 e. The first kappa shape index (κ1) is 18.6. The van der Waals surface area contributed by atoms with Crippen molar-refractivity contribution in [3.63, 3.8) is 0 Å². The standard InChI is InChI=1S/C21H26N6O/c1-15-19(16(2)27-21(25-15)23-14-24-27)11-20(28)22-12-17-7-3-4-8-18(17)13-26-9-5-6-10-26/h3-4,7-8,14H,5-6,9-13H2,1-2H3,(H,22,28). The molecule has 7 heteroatoms. The lowest BCUT2D eigenvalue weighted by atomic mass is 10.1. The number of hydrogen-bond donors (Lipinski definition) is 1. The van der Waals surface area contributed by atoms with Crippen LogP contribution in [0.2, 0.25) is 0 Å². The molecule has 2 aromatic heterocycles. The van der Waals surface area contributed by atoms with Gasteiger partial charge >= 0.3 is 0 Å². The summed E-state index contributed by atoms with van der Waals surface area (Å²) in [5.74, 6) is 0.554. The lowest BCUT2D eigenvalue weighted by Crippen LogP contribution is -2.27. The summed E-state index contributed by atoms with van der Waals surface area (Å²) in [7, 11) is 0. The van der Waals surface area contributed by atoms with Gasteiger partial charge in [0.05, 0.1) is 6.42 Å². The van der Waals surface area contributed by atoms with E-state index in [-0.39, 0.29) is 12.3 Å². The third kappa shape index (κ3) is 3.89. The quantitative estimate of drug-likeness (QED) is 0.712. The van der Waals surface area contributed by atoms with E-state index < -0.39 is 0 Å². The molecule has 0 spiro atoms. The van der Waals surface area contributed by atoms with E-state index in [9.17, 15) is 4.79 Å². The average molecular weight is 378 g/mol. The molecule has 0 aliphatic carbocycles. The molecule has 0 radical (unpaired) electrons. The Bertz CT molecular complexity index is 990. The minimum atomic E-state index is -0.0107. The van der Waals surface area contributed by atoms with Crippen LogP contribution in [0.15, 0.2) is 30.6 Å². The molecule has 0 atom stereocenters. The van der Waals surface area contributed by atoms with Crippen LogP contribution >= 0.6 is 0 Å². The summed E-state index contributed by atoms with van der Waals surface area (Å²) in [6.45, 7) is 7.69. The first-order chi connectivity index (χ1) is 13.6. The van der Waals surface area contributed by atoms with Crippen molar-refractivity contribution in [2.75, 3.05) is 13.1 Å². The second-order valence-electron chi connectivity index (χ2n) is 7.44. The van der Waals surface area contributed by atoms with Crippen LogP contribution in [0, 0.1) is 13.8 Å². The van der Waals surface area contributed by atoms with E-state index in [4.69, 9.17) is 0 Å². The second-order valence-corrected chi connectivity index (χ2v) is 7.44. The molecule has 1 saturated heterocycles. The van der Waals surface area contributed by atoms with Gasteiger partial charge in [0.25, 0.3) is 5.78 Å². The molecule has 1 fully saturated rings. The number of fused-ring (bicyclic) bond motifs is 1. The third-order valence-electron chi connectivity index (χ3n) is 5.51.